The maximum Gasteiger partial charge on any atom is 0.178 e. The number of hydrogen-bond donors (Lipinski definition) is 0. The number of hydrogen-bond acceptors (Lipinski definition) is 3. The molecule has 0 spiro atoms. The van der Waals surface area contributed by atoms with Crippen LogP contribution in [0.25, 0.3) is 16.8 Å². The van der Waals surface area contributed by atoms with Crippen LogP contribution in [-0.4, -0.2) is 13.7 Å². The minimum Gasteiger partial charge on any atom is -0.497 e. The van der Waals surface area contributed by atoms with Crippen molar-refractivity contribution in [1.29, 1.82) is 0 Å². The van der Waals surface area contributed by atoms with Crippen molar-refractivity contribution in [1.82, 2.24) is 0 Å². The van der Waals surface area contributed by atoms with E-state index in [1.54, 1.807) is 7.11 Å². The topological polar surface area (TPSA) is 27.7 Å². The minimum absolute atomic E-state index is 0.629. The van der Waals surface area contributed by atoms with Crippen LogP contribution >= 0.6 is 0 Å². The van der Waals surface area contributed by atoms with Crippen molar-refractivity contribution in [2.75, 3.05) is 13.7 Å². The summed E-state index contributed by atoms with van der Waals surface area (Å²) < 4.78 is 18.5. The Labute approximate surface area is 236 Å². The summed E-state index contributed by atoms with van der Waals surface area (Å²) in [7, 11) is 1.69. The lowest BCUT2D eigenvalue weighted by Gasteiger charge is -2.37. The van der Waals surface area contributed by atoms with Crippen LogP contribution in [0, 0.1) is 0 Å². The smallest absolute Gasteiger partial charge is 0.178 e. The van der Waals surface area contributed by atoms with Crippen molar-refractivity contribution in [2.24, 2.45) is 0 Å². The van der Waals surface area contributed by atoms with Crippen LogP contribution in [0.1, 0.15) is 47.2 Å². The largest absolute Gasteiger partial charge is 0.497 e. The molecule has 1 heterocycles. The summed E-state index contributed by atoms with van der Waals surface area (Å²) in [6, 6.07) is 36.1. The molecule has 0 aromatic heterocycles. The third-order valence-corrected chi connectivity index (χ3v) is 7.83. The molecule has 6 rings (SSSR count). The first kappa shape index (κ1) is 25.8. The summed E-state index contributed by atoms with van der Waals surface area (Å²) in [5.41, 5.74) is 6.31. The number of rotatable bonds is 8. The highest BCUT2D eigenvalue weighted by atomic mass is 16.5. The van der Waals surface area contributed by atoms with Crippen molar-refractivity contribution < 1.29 is 14.2 Å². The van der Waals surface area contributed by atoms with Gasteiger partial charge in [0.2, 0.25) is 0 Å². The van der Waals surface area contributed by atoms with Crippen LogP contribution < -0.4 is 14.2 Å². The Balaban J connectivity index is 1.54. The molecule has 5 aromatic carbocycles. The lowest BCUT2D eigenvalue weighted by atomic mass is 9.82. The number of benzene rings is 5. The van der Waals surface area contributed by atoms with Gasteiger partial charge in [-0.15, -0.1) is 0 Å². The predicted molar refractivity (Wildman–Crippen MR) is 164 cm³/mol. The fourth-order valence-electron chi connectivity index (χ4n) is 5.76. The number of methoxy groups -OCH3 is 1. The fourth-order valence-corrected chi connectivity index (χ4v) is 5.76. The van der Waals surface area contributed by atoms with Gasteiger partial charge in [0.05, 0.1) is 13.7 Å². The Morgan fingerprint density at radius 2 is 1.40 bits per heavy atom. The van der Waals surface area contributed by atoms with E-state index in [1.807, 2.05) is 31.2 Å². The van der Waals surface area contributed by atoms with Crippen LogP contribution in [0.2, 0.25) is 0 Å². The Kier molecular flexibility index (Phi) is 7.04. The van der Waals surface area contributed by atoms with Gasteiger partial charge in [0, 0.05) is 22.1 Å². The third kappa shape index (κ3) is 4.62. The maximum atomic E-state index is 7.26. The molecule has 3 nitrogen and oxygen atoms in total. The Morgan fingerprint density at radius 3 is 2.05 bits per heavy atom. The van der Waals surface area contributed by atoms with Gasteiger partial charge in [-0.05, 0) is 72.2 Å². The molecule has 200 valence electrons. The van der Waals surface area contributed by atoms with Crippen molar-refractivity contribution in [2.45, 2.75) is 32.3 Å². The predicted octanol–water partition coefficient (Wildman–Crippen LogP) is 8.75. The zero-order valence-electron chi connectivity index (χ0n) is 23.3. The SMILES string of the molecule is CCOc1ccc(C2(c3ccc(OC)cc3)C=Cc3c(CC)cc4c(Cc5ccccc5)cccc4c3O2)cc1. The Bertz CT molecular complexity index is 1650. The van der Waals surface area contributed by atoms with Crippen molar-refractivity contribution >= 4 is 16.8 Å². The lowest BCUT2D eigenvalue weighted by Crippen LogP contribution is -2.34. The number of ether oxygens (including phenoxy) is 3. The van der Waals surface area contributed by atoms with Crippen molar-refractivity contribution in [3.8, 4) is 17.2 Å². The van der Waals surface area contributed by atoms with Gasteiger partial charge in [0.1, 0.15) is 17.2 Å². The summed E-state index contributed by atoms with van der Waals surface area (Å²) in [4.78, 5) is 0. The summed E-state index contributed by atoms with van der Waals surface area (Å²) >= 11 is 0. The molecule has 0 saturated heterocycles. The summed E-state index contributed by atoms with van der Waals surface area (Å²) in [5, 5.41) is 2.38. The summed E-state index contributed by atoms with van der Waals surface area (Å²) in [5.74, 6) is 2.59. The molecule has 1 aliphatic heterocycles. The van der Waals surface area contributed by atoms with Gasteiger partial charge >= 0.3 is 0 Å². The van der Waals surface area contributed by atoms with Crippen LogP contribution in [0.4, 0.5) is 0 Å². The molecule has 0 N–H and O–H groups in total. The lowest BCUT2D eigenvalue weighted by molar-refractivity contribution is 0.163. The van der Waals surface area contributed by atoms with Crippen molar-refractivity contribution in [3.63, 3.8) is 0 Å². The van der Waals surface area contributed by atoms with Gasteiger partial charge < -0.3 is 14.2 Å². The van der Waals surface area contributed by atoms with Crippen LogP contribution in [0.5, 0.6) is 17.2 Å². The van der Waals surface area contributed by atoms with Gasteiger partial charge in [-0.3, -0.25) is 0 Å². The highest BCUT2D eigenvalue weighted by molar-refractivity contribution is 5.96. The van der Waals surface area contributed by atoms with Gasteiger partial charge in [0.25, 0.3) is 0 Å². The highest BCUT2D eigenvalue weighted by Gasteiger charge is 2.38. The van der Waals surface area contributed by atoms with Gasteiger partial charge in [-0.1, -0.05) is 91.9 Å². The quantitative estimate of drug-likeness (QED) is 0.202. The molecule has 1 unspecified atom stereocenters. The molecule has 0 radical (unpaired) electrons. The van der Waals surface area contributed by atoms with E-state index in [-0.39, 0.29) is 0 Å². The standard InChI is InChI=1S/C37H34O3/c1-4-27-25-35-28(24-26-10-7-6-8-11-26)12-9-13-34(35)36-33(27)22-23-37(40-36,29-14-18-31(38-3)19-15-29)30-16-20-32(21-17-30)39-5-2/h6-23,25H,4-5,24H2,1-3H3. The molecule has 40 heavy (non-hydrogen) atoms. The number of aryl methyl sites for hydroxylation is 1. The second-order valence-electron chi connectivity index (χ2n) is 10.2. The average molecular weight is 527 g/mol. The maximum absolute atomic E-state index is 7.26. The minimum atomic E-state index is -0.807. The van der Waals surface area contributed by atoms with Gasteiger partial charge in [-0.2, -0.15) is 0 Å². The highest BCUT2D eigenvalue weighted by Crippen LogP contribution is 2.47. The van der Waals surface area contributed by atoms with E-state index in [0.717, 1.165) is 52.2 Å². The molecule has 0 saturated carbocycles. The fraction of sp³-hybridized carbons (Fsp3) is 0.189. The summed E-state index contributed by atoms with van der Waals surface area (Å²) in [6.07, 6.45) is 6.25. The number of fused-ring (bicyclic) bond motifs is 3. The van der Waals surface area contributed by atoms with Crippen LogP contribution in [0.3, 0.4) is 0 Å². The molecule has 0 aliphatic carbocycles. The second kappa shape index (κ2) is 10.9. The Hall–Kier alpha value is -4.50. The average Bonchev–Trinajstić information content (AvgIpc) is 3.01. The normalized spacial score (nSPS) is 15.9. The van der Waals surface area contributed by atoms with E-state index < -0.39 is 5.60 Å². The van der Waals surface area contributed by atoms with Gasteiger partial charge in [-0.25, -0.2) is 0 Å². The molecule has 1 aliphatic rings. The molecule has 0 amide bonds. The molecular weight excluding hydrogens is 492 g/mol. The first-order chi connectivity index (χ1) is 19.6. The van der Waals surface area contributed by atoms with E-state index in [2.05, 4.69) is 97.9 Å². The Morgan fingerprint density at radius 1 is 0.700 bits per heavy atom. The first-order valence-electron chi connectivity index (χ1n) is 14.0. The zero-order valence-corrected chi connectivity index (χ0v) is 23.3. The van der Waals surface area contributed by atoms with Crippen LogP contribution in [0.15, 0.2) is 109 Å². The first-order valence-corrected chi connectivity index (χ1v) is 14.0. The monoisotopic (exact) mass is 526 g/mol. The van der Waals surface area contributed by atoms with Gasteiger partial charge in [0.15, 0.2) is 5.60 Å². The molecule has 0 fully saturated rings. The summed E-state index contributed by atoms with van der Waals surface area (Å²) in [6.45, 7) is 4.84. The van der Waals surface area contributed by atoms with E-state index in [4.69, 9.17) is 14.2 Å². The van der Waals surface area contributed by atoms with E-state index in [0.29, 0.717) is 6.61 Å². The third-order valence-electron chi connectivity index (χ3n) is 7.83. The van der Waals surface area contributed by atoms with E-state index in [9.17, 15) is 0 Å². The molecule has 1 atom stereocenters. The molecule has 0 bridgehead atoms. The molecule has 3 heteroatoms. The van der Waals surface area contributed by atoms with Crippen molar-refractivity contribution in [3.05, 3.63) is 143 Å². The second-order valence-corrected chi connectivity index (χ2v) is 10.2. The van der Waals surface area contributed by atoms with E-state index in [1.165, 1.54) is 22.1 Å². The molecule has 5 aromatic rings. The zero-order chi connectivity index (χ0) is 27.5. The molecular formula is C37H34O3. The van der Waals surface area contributed by atoms with E-state index >= 15 is 0 Å². The van der Waals surface area contributed by atoms with Crippen LogP contribution in [-0.2, 0) is 18.4 Å².